The topological polar surface area (TPSA) is 79.1 Å². The van der Waals surface area contributed by atoms with Gasteiger partial charge in [-0.1, -0.05) is 47.2 Å². The highest BCUT2D eigenvalue weighted by molar-refractivity contribution is 7.07. The Hall–Kier alpha value is -3.36. The summed E-state index contributed by atoms with van der Waals surface area (Å²) in [4.78, 5) is 31.3. The van der Waals surface area contributed by atoms with E-state index in [9.17, 15) is 9.59 Å². The average molecular weight is 485 g/mol. The molecule has 1 aliphatic heterocycles. The molecule has 3 aromatic rings. The number of hydrogen-bond donors (Lipinski definition) is 0. The number of fused-ring (bicyclic) bond motifs is 1. The van der Waals surface area contributed by atoms with E-state index in [2.05, 4.69) is 4.99 Å². The minimum atomic E-state index is -0.755. The Morgan fingerprint density at radius 3 is 2.52 bits per heavy atom. The van der Waals surface area contributed by atoms with Crippen molar-refractivity contribution in [2.24, 2.45) is 4.99 Å². The number of thiazole rings is 1. The van der Waals surface area contributed by atoms with Crippen LogP contribution < -0.4 is 24.4 Å². The summed E-state index contributed by atoms with van der Waals surface area (Å²) in [6.07, 6.45) is 1.76. The van der Waals surface area contributed by atoms with Crippen LogP contribution in [-0.4, -0.2) is 31.9 Å². The number of ether oxygens (including phenoxy) is 3. The summed E-state index contributed by atoms with van der Waals surface area (Å²) in [7, 11) is 4.41. The van der Waals surface area contributed by atoms with Crippen molar-refractivity contribution in [1.29, 1.82) is 0 Å². The molecule has 0 aliphatic carbocycles. The van der Waals surface area contributed by atoms with Gasteiger partial charge in [-0.05, 0) is 42.3 Å². The van der Waals surface area contributed by atoms with Gasteiger partial charge in [0.05, 0.1) is 37.1 Å². The molecule has 1 atom stereocenters. The number of benzene rings is 2. The highest BCUT2D eigenvalue weighted by atomic mass is 35.5. The van der Waals surface area contributed by atoms with Crippen LogP contribution in [0.15, 0.2) is 63.5 Å². The lowest BCUT2D eigenvalue weighted by atomic mass is 9.96. The van der Waals surface area contributed by atoms with Gasteiger partial charge >= 0.3 is 5.97 Å². The van der Waals surface area contributed by atoms with E-state index in [1.54, 1.807) is 57.6 Å². The first-order chi connectivity index (χ1) is 15.9. The van der Waals surface area contributed by atoms with Gasteiger partial charge in [0.1, 0.15) is 6.04 Å². The van der Waals surface area contributed by atoms with Crippen LogP contribution >= 0.6 is 22.9 Å². The highest BCUT2D eigenvalue weighted by Crippen LogP contribution is 2.34. The number of carbonyl (C=O) groups excluding carboxylic acids is 1. The number of carbonyl (C=O) groups is 1. The van der Waals surface area contributed by atoms with Crippen LogP contribution in [0.5, 0.6) is 11.5 Å². The van der Waals surface area contributed by atoms with E-state index < -0.39 is 12.0 Å². The fourth-order valence-corrected chi connectivity index (χ4v) is 5.06. The van der Waals surface area contributed by atoms with Crippen molar-refractivity contribution in [3.05, 3.63) is 89.6 Å². The van der Waals surface area contributed by atoms with Crippen LogP contribution in [0.3, 0.4) is 0 Å². The quantitative estimate of drug-likeness (QED) is 0.520. The minimum absolute atomic E-state index is 0.274. The monoisotopic (exact) mass is 484 g/mol. The van der Waals surface area contributed by atoms with Gasteiger partial charge in [0, 0.05) is 5.02 Å². The molecule has 0 fully saturated rings. The Labute approximate surface area is 198 Å². The number of aromatic nitrogens is 1. The third-order valence-corrected chi connectivity index (χ3v) is 6.66. The molecule has 0 amide bonds. The minimum Gasteiger partial charge on any atom is -0.493 e. The Kier molecular flexibility index (Phi) is 6.40. The molecule has 0 spiro atoms. The van der Waals surface area contributed by atoms with E-state index in [4.69, 9.17) is 25.8 Å². The molecule has 33 heavy (non-hydrogen) atoms. The summed E-state index contributed by atoms with van der Waals surface area (Å²) in [6, 6.07) is 11.7. The van der Waals surface area contributed by atoms with Crippen molar-refractivity contribution < 1.29 is 19.0 Å². The normalized spacial score (nSPS) is 15.7. The standard InChI is InChI=1S/C24H21ClN2O5S/c1-13-20(23(29)32-4)21(15-7-5-6-8-16(15)25)27-22(28)19(33-24(27)26-13)12-14-9-10-17(30-2)18(11-14)31-3/h5-12,21H,1-4H3/t21-/m0/s1. The predicted molar refractivity (Wildman–Crippen MR) is 127 cm³/mol. The molecule has 0 saturated heterocycles. The first kappa shape index (κ1) is 22.8. The van der Waals surface area contributed by atoms with Gasteiger partial charge < -0.3 is 14.2 Å². The van der Waals surface area contributed by atoms with Crippen molar-refractivity contribution >= 4 is 35.0 Å². The number of rotatable bonds is 5. The molecule has 7 nitrogen and oxygen atoms in total. The molecule has 0 N–H and O–H groups in total. The maximum Gasteiger partial charge on any atom is 0.338 e. The van der Waals surface area contributed by atoms with Gasteiger partial charge in [-0.25, -0.2) is 9.79 Å². The molecule has 0 bridgehead atoms. The molecule has 1 aromatic heterocycles. The second-order valence-corrected chi connectivity index (χ2v) is 8.63. The van der Waals surface area contributed by atoms with E-state index in [-0.39, 0.29) is 11.1 Å². The first-order valence-electron chi connectivity index (χ1n) is 9.97. The zero-order valence-electron chi connectivity index (χ0n) is 18.4. The maximum absolute atomic E-state index is 13.6. The second-order valence-electron chi connectivity index (χ2n) is 7.21. The highest BCUT2D eigenvalue weighted by Gasteiger charge is 2.34. The summed E-state index contributed by atoms with van der Waals surface area (Å²) in [5.74, 6) is 0.584. The molecule has 0 unspecified atom stereocenters. The molecular formula is C24H21ClN2O5S. The Bertz CT molecular complexity index is 1450. The molecule has 1 aliphatic rings. The predicted octanol–water partition coefficient (Wildman–Crippen LogP) is 3.08. The van der Waals surface area contributed by atoms with E-state index >= 15 is 0 Å². The van der Waals surface area contributed by atoms with Crippen LogP contribution in [-0.2, 0) is 9.53 Å². The van der Waals surface area contributed by atoms with Gasteiger partial charge in [-0.15, -0.1) is 0 Å². The fourth-order valence-electron chi connectivity index (χ4n) is 3.78. The number of allylic oxidation sites excluding steroid dienone is 1. The molecule has 9 heteroatoms. The zero-order chi connectivity index (χ0) is 23.7. The average Bonchev–Trinajstić information content (AvgIpc) is 3.12. The number of esters is 1. The molecular weight excluding hydrogens is 464 g/mol. The van der Waals surface area contributed by atoms with Crippen LogP contribution in [0.25, 0.3) is 6.08 Å². The third kappa shape index (κ3) is 4.07. The second kappa shape index (κ2) is 9.25. The molecule has 2 aromatic carbocycles. The van der Waals surface area contributed by atoms with Gasteiger partial charge in [-0.2, -0.15) is 0 Å². The van der Waals surface area contributed by atoms with Crippen LogP contribution in [0.2, 0.25) is 5.02 Å². The Morgan fingerprint density at radius 2 is 1.85 bits per heavy atom. The van der Waals surface area contributed by atoms with Gasteiger partial charge in [0.25, 0.3) is 5.56 Å². The summed E-state index contributed by atoms with van der Waals surface area (Å²) >= 11 is 7.72. The van der Waals surface area contributed by atoms with Crippen LogP contribution in [0.4, 0.5) is 0 Å². The van der Waals surface area contributed by atoms with Crippen molar-refractivity contribution in [1.82, 2.24) is 4.57 Å². The summed E-state index contributed by atoms with van der Waals surface area (Å²) < 4.78 is 17.6. The molecule has 4 rings (SSSR count). The SMILES string of the molecule is COC(=O)C1=C(C)N=c2sc(=Cc3ccc(OC)c(OC)c3)c(=O)n2[C@H]1c1ccccc1Cl. The van der Waals surface area contributed by atoms with E-state index in [1.165, 1.54) is 23.0 Å². The first-order valence-corrected chi connectivity index (χ1v) is 11.2. The lowest BCUT2D eigenvalue weighted by molar-refractivity contribution is -0.136. The summed E-state index contributed by atoms with van der Waals surface area (Å²) in [5, 5.41) is 0.438. The van der Waals surface area contributed by atoms with Gasteiger partial charge in [-0.3, -0.25) is 9.36 Å². The van der Waals surface area contributed by atoms with E-state index in [0.717, 1.165) is 5.56 Å². The lowest BCUT2D eigenvalue weighted by Crippen LogP contribution is -2.39. The van der Waals surface area contributed by atoms with Gasteiger partial charge in [0.2, 0.25) is 0 Å². The Balaban J connectivity index is 1.96. The molecule has 0 saturated carbocycles. The fraction of sp³-hybridized carbons (Fsp3) is 0.208. The van der Waals surface area contributed by atoms with Gasteiger partial charge in [0.15, 0.2) is 16.3 Å². The van der Waals surface area contributed by atoms with Crippen molar-refractivity contribution in [2.45, 2.75) is 13.0 Å². The third-order valence-electron chi connectivity index (χ3n) is 5.33. The van der Waals surface area contributed by atoms with E-state index in [0.29, 0.717) is 37.1 Å². The Morgan fingerprint density at radius 1 is 1.12 bits per heavy atom. The zero-order valence-corrected chi connectivity index (χ0v) is 20.0. The number of methoxy groups -OCH3 is 3. The largest absolute Gasteiger partial charge is 0.493 e. The van der Waals surface area contributed by atoms with Crippen molar-refractivity contribution in [3.63, 3.8) is 0 Å². The van der Waals surface area contributed by atoms with Crippen LogP contribution in [0.1, 0.15) is 24.1 Å². The summed E-state index contributed by atoms with van der Waals surface area (Å²) in [5.41, 5.74) is 1.84. The maximum atomic E-state index is 13.6. The smallest absolute Gasteiger partial charge is 0.338 e. The van der Waals surface area contributed by atoms with Crippen molar-refractivity contribution in [3.8, 4) is 11.5 Å². The lowest BCUT2D eigenvalue weighted by Gasteiger charge is -2.25. The van der Waals surface area contributed by atoms with Crippen molar-refractivity contribution in [2.75, 3.05) is 21.3 Å². The van der Waals surface area contributed by atoms with E-state index in [1.807, 2.05) is 12.1 Å². The van der Waals surface area contributed by atoms with Crippen LogP contribution in [0, 0.1) is 0 Å². The summed E-state index contributed by atoms with van der Waals surface area (Å²) in [6.45, 7) is 1.72. The number of hydrogen-bond acceptors (Lipinski definition) is 7. The number of nitrogens with zero attached hydrogens (tertiary/aromatic N) is 2. The molecule has 170 valence electrons. The molecule has 2 heterocycles. The number of halogens is 1. The molecule has 0 radical (unpaired) electrons.